The van der Waals surface area contributed by atoms with E-state index in [1.807, 2.05) is 30.3 Å². The van der Waals surface area contributed by atoms with Gasteiger partial charge in [0.1, 0.15) is 6.04 Å². The number of benzene rings is 1. The summed E-state index contributed by atoms with van der Waals surface area (Å²) < 4.78 is 0. The van der Waals surface area contributed by atoms with Crippen LogP contribution in [0.4, 0.5) is 0 Å². The van der Waals surface area contributed by atoms with Crippen molar-refractivity contribution < 1.29 is 14.7 Å². The summed E-state index contributed by atoms with van der Waals surface area (Å²) in [6.45, 7) is 4.48. The average Bonchev–Trinajstić information content (AvgIpc) is 2.86. The molecule has 4 nitrogen and oxygen atoms in total. The zero-order chi connectivity index (χ0) is 25.6. The largest absolute Gasteiger partial charge is 0.480 e. The molecule has 0 fully saturated rings. The quantitative estimate of drug-likeness (QED) is 0.152. The van der Waals surface area contributed by atoms with Crippen molar-refractivity contribution in [3.8, 4) is 0 Å². The van der Waals surface area contributed by atoms with Crippen molar-refractivity contribution in [2.45, 2.75) is 142 Å². The second-order valence-corrected chi connectivity index (χ2v) is 10.3. The maximum Gasteiger partial charge on any atom is 0.326 e. The van der Waals surface area contributed by atoms with Gasteiger partial charge in [0.15, 0.2) is 0 Å². The lowest BCUT2D eigenvalue weighted by atomic mass is 9.92. The summed E-state index contributed by atoms with van der Waals surface area (Å²) >= 11 is 0. The fourth-order valence-electron chi connectivity index (χ4n) is 4.80. The number of amides is 1. The predicted molar refractivity (Wildman–Crippen MR) is 148 cm³/mol. The van der Waals surface area contributed by atoms with Gasteiger partial charge >= 0.3 is 5.97 Å². The highest BCUT2D eigenvalue weighted by Crippen LogP contribution is 2.20. The van der Waals surface area contributed by atoms with E-state index in [4.69, 9.17) is 0 Å². The summed E-state index contributed by atoms with van der Waals surface area (Å²) in [4.78, 5) is 25.0. The summed E-state index contributed by atoms with van der Waals surface area (Å²) in [6.07, 6.45) is 22.0. The molecular formula is C31H53NO3. The Morgan fingerprint density at radius 1 is 0.686 bits per heavy atom. The summed E-state index contributed by atoms with van der Waals surface area (Å²) in [6, 6.07) is 8.69. The standard InChI is InChI=1S/C31H53NO3/c1-3-5-7-9-11-13-15-20-24-28(25-21-16-14-12-10-8-6-4-2)30(33)32-29(31(34)35)26-27-22-18-17-19-23-27/h17-19,22-23,28-29H,3-16,20-21,24-26H2,1-2H3,(H,32,33)(H,34,35)/t29-/m0/s1. The third-order valence-electron chi connectivity index (χ3n) is 7.08. The third-order valence-corrected chi connectivity index (χ3v) is 7.08. The first-order chi connectivity index (χ1) is 17.1. The first-order valence-corrected chi connectivity index (χ1v) is 14.7. The van der Waals surface area contributed by atoms with Crippen molar-refractivity contribution in [1.29, 1.82) is 0 Å². The Balaban J connectivity index is 2.51. The van der Waals surface area contributed by atoms with Gasteiger partial charge in [0.25, 0.3) is 0 Å². The van der Waals surface area contributed by atoms with E-state index in [-0.39, 0.29) is 11.8 Å². The number of hydrogen-bond acceptors (Lipinski definition) is 2. The van der Waals surface area contributed by atoms with Crippen LogP contribution in [0, 0.1) is 5.92 Å². The molecular weight excluding hydrogens is 434 g/mol. The zero-order valence-electron chi connectivity index (χ0n) is 22.7. The maximum absolute atomic E-state index is 13.2. The van der Waals surface area contributed by atoms with Gasteiger partial charge in [-0.25, -0.2) is 4.79 Å². The number of carbonyl (C=O) groups is 2. The fraction of sp³-hybridized carbons (Fsp3) is 0.742. The molecule has 0 aliphatic rings. The second kappa shape index (κ2) is 21.4. The molecule has 1 rings (SSSR count). The van der Waals surface area contributed by atoms with Crippen LogP contribution in [0.1, 0.15) is 135 Å². The molecule has 0 spiro atoms. The summed E-state index contributed by atoms with van der Waals surface area (Å²) in [5, 5.41) is 12.6. The molecule has 2 N–H and O–H groups in total. The van der Waals surface area contributed by atoms with Crippen LogP contribution in [0.5, 0.6) is 0 Å². The monoisotopic (exact) mass is 487 g/mol. The lowest BCUT2D eigenvalue weighted by Gasteiger charge is -2.21. The van der Waals surface area contributed by atoms with Gasteiger partial charge in [-0.05, 0) is 18.4 Å². The Morgan fingerprint density at radius 3 is 1.54 bits per heavy atom. The minimum absolute atomic E-state index is 0.0702. The molecule has 1 amide bonds. The van der Waals surface area contributed by atoms with E-state index < -0.39 is 12.0 Å². The highest BCUT2D eigenvalue weighted by Gasteiger charge is 2.25. The van der Waals surface area contributed by atoms with E-state index >= 15 is 0 Å². The van der Waals surface area contributed by atoms with Gasteiger partial charge in [0, 0.05) is 12.3 Å². The Labute approximate surface area is 215 Å². The Kier molecular flexibility index (Phi) is 19.1. The molecule has 1 aromatic carbocycles. The molecule has 0 saturated heterocycles. The first-order valence-electron chi connectivity index (χ1n) is 14.7. The maximum atomic E-state index is 13.2. The van der Waals surface area contributed by atoms with Crippen LogP contribution >= 0.6 is 0 Å². The van der Waals surface area contributed by atoms with Crippen LogP contribution in [0.25, 0.3) is 0 Å². The minimum Gasteiger partial charge on any atom is -0.480 e. The molecule has 1 aromatic rings. The van der Waals surface area contributed by atoms with Gasteiger partial charge in [0.2, 0.25) is 5.91 Å². The van der Waals surface area contributed by atoms with Crippen molar-refractivity contribution in [1.82, 2.24) is 5.32 Å². The normalized spacial score (nSPS) is 12.1. The molecule has 0 saturated carbocycles. The van der Waals surface area contributed by atoms with Gasteiger partial charge < -0.3 is 10.4 Å². The van der Waals surface area contributed by atoms with E-state index in [0.29, 0.717) is 6.42 Å². The van der Waals surface area contributed by atoms with E-state index in [9.17, 15) is 14.7 Å². The van der Waals surface area contributed by atoms with Gasteiger partial charge in [-0.2, -0.15) is 0 Å². The highest BCUT2D eigenvalue weighted by molar-refractivity contribution is 5.85. The summed E-state index contributed by atoms with van der Waals surface area (Å²) in [7, 11) is 0. The van der Waals surface area contributed by atoms with Crippen LogP contribution in [-0.4, -0.2) is 23.0 Å². The number of rotatable bonds is 23. The van der Waals surface area contributed by atoms with E-state index in [1.165, 1.54) is 89.9 Å². The number of unbranched alkanes of at least 4 members (excludes halogenated alkanes) is 14. The Bertz CT molecular complexity index is 626. The minimum atomic E-state index is -0.958. The average molecular weight is 488 g/mol. The lowest BCUT2D eigenvalue weighted by molar-refractivity contribution is -0.142. The van der Waals surface area contributed by atoms with Crippen LogP contribution in [0.3, 0.4) is 0 Å². The molecule has 0 unspecified atom stereocenters. The lowest BCUT2D eigenvalue weighted by Crippen LogP contribution is -2.45. The van der Waals surface area contributed by atoms with Crippen molar-refractivity contribution in [2.24, 2.45) is 5.92 Å². The molecule has 1 atom stereocenters. The van der Waals surface area contributed by atoms with Crippen LogP contribution in [0.15, 0.2) is 30.3 Å². The fourth-order valence-corrected chi connectivity index (χ4v) is 4.80. The Hall–Kier alpha value is -1.84. The van der Waals surface area contributed by atoms with Crippen LogP contribution in [-0.2, 0) is 16.0 Å². The smallest absolute Gasteiger partial charge is 0.326 e. The number of carbonyl (C=O) groups excluding carboxylic acids is 1. The highest BCUT2D eigenvalue weighted by atomic mass is 16.4. The van der Waals surface area contributed by atoms with Gasteiger partial charge in [-0.15, -0.1) is 0 Å². The van der Waals surface area contributed by atoms with Gasteiger partial charge in [-0.3, -0.25) is 4.79 Å². The number of carboxylic acids is 1. The second-order valence-electron chi connectivity index (χ2n) is 10.3. The molecule has 0 aliphatic carbocycles. The molecule has 200 valence electrons. The number of hydrogen-bond donors (Lipinski definition) is 2. The molecule has 0 radical (unpaired) electrons. The molecule has 0 heterocycles. The van der Waals surface area contributed by atoms with Crippen LogP contribution in [0.2, 0.25) is 0 Å². The van der Waals surface area contributed by atoms with Crippen molar-refractivity contribution in [3.63, 3.8) is 0 Å². The molecule has 0 aliphatic heterocycles. The summed E-state index contributed by atoms with van der Waals surface area (Å²) in [5.41, 5.74) is 0.933. The molecule has 35 heavy (non-hydrogen) atoms. The SMILES string of the molecule is CCCCCCCCCCC(CCCCCCCCCC)C(=O)N[C@@H](Cc1ccccc1)C(=O)O. The molecule has 0 bridgehead atoms. The van der Waals surface area contributed by atoms with Crippen molar-refractivity contribution in [3.05, 3.63) is 35.9 Å². The van der Waals surface area contributed by atoms with Crippen molar-refractivity contribution in [2.75, 3.05) is 0 Å². The van der Waals surface area contributed by atoms with Gasteiger partial charge in [-0.1, -0.05) is 147 Å². The predicted octanol–water partition coefficient (Wildman–Crippen LogP) is 8.48. The zero-order valence-corrected chi connectivity index (χ0v) is 22.7. The Morgan fingerprint density at radius 2 is 1.11 bits per heavy atom. The number of aliphatic carboxylic acids is 1. The third kappa shape index (κ3) is 16.5. The summed E-state index contributed by atoms with van der Waals surface area (Å²) in [5.74, 6) is -1.10. The van der Waals surface area contributed by atoms with Crippen molar-refractivity contribution >= 4 is 11.9 Å². The van der Waals surface area contributed by atoms with E-state index in [0.717, 1.165) is 31.2 Å². The number of carboxylic acid groups (broad SMARTS) is 1. The van der Waals surface area contributed by atoms with Gasteiger partial charge in [0.05, 0.1) is 0 Å². The topological polar surface area (TPSA) is 66.4 Å². The van der Waals surface area contributed by atoms with E-state index in [2.05, 4.69) is 19.2 Å². The van der Waals surface area contributed by atoms with Crippen LogP contribution < -0.4 is 5.32 Å². The number of nitrogens with one attached hydrogen (secondary N) is 1. The molecule has 0 aromatic heterocycles. The first kappa shape index (κ1) is 31.2. The molecule has 4 heteroatoms. The van der Waals surface area contributed by atoms with E-state index in [1.54, 1.807) is 0 Å².